The summed E-state index contributed by atoms with van der Waals surface area (Å²) in [5, 5.41) is 0. The Balaban J connectivity index is 1.74. The highest BCUT2D eigenvalue weighted by atomic mass is 32.2. The molecular formula is C20H20N2O5S. The van der Waals surface area contributed by atoms with Gasteiger partial charge < -0.3 is 4.74 Å². The second-order valence-corrected chi connectivity index (χ2v) is 8.72. The van der Waals surface area contributed by atoms with Crippen molar-refractivity contribution in [1.82, 2.24) is 4.31 Å². The van der Waals surface area contributed by atoms with Crippen LogP contribution in [0.3, 0.4) is 0 Å². The second-order valence-electron chi connectivity index (χ2n) is 6.82. The van der Waals surface area contributed by atoms with Crippen LogP contribution in [0, 0.1) is 0 Å². The van der Waals surface area contributed by atoms with Crippen molar-refractivity contribution in [3.8, 4) is 5.75 Å². The molecule has 28 heavy (non-hydrogen) atoms. The summed E-state index contributed by atoms with van der Waals surface area (Å²) in [5.41, 5.74) is 2.37. The Labute approximate surface area is 163 Å². The van der Waals surface area contributed by atoms with Gasteiger partial charge in [0.2, 0.25) is 21.8 Å². The average Bonchev–Trinajstić information content (AvgIpc) is 3.05. The molecule has 146 valence electrons. The predicted octanol–water partition coefficient (Wildman–Crippen LogP) is 2.10. The Bertz CT molecular complexity index is 1050. The van der Waals surface area contributed by atoms with E-state index < -0.39 is 10.0 Å². The number of imide groups is 1. The maximum Gasteiger partial charge on any atom is 0.247 e. The number of hydrogen-bond acceptors (Lipinski definition) is 5. The number of benzene rings is 2. The number of rotatable bonds is 4. The van der Waals surface area contributed by atoms with Crippen molar-refractivity contribution in [1.29, 1.82) is 0 Å². The number of anilines is 1. The van der Waals surface area contributed by atoms with Gasteiger partial charge in [-0.25, -0.2) is 8.42 Å². The molecule has 2 amide bonds. The predicted molar refractivity (Wildman–Crippen MR) is 102 cm³/mol. The lowest BCUT2D eigenvalue weighted by molar-refractivity contribution is -0.121. The zero-order valence-corrected chi connectivity index (χ0v) is 16.2. The molecule has 0 radical (unpaired) electrons. The fourth-order valence-electron chi connectivity index (χ4n) is 3.68. The SMILES string of the molecule is COc1ccc(N2C(=O)CCC2=O)cc1S(=O)(=O)N1CCc2ccccc2C1. The molecule has 8 heteroatoms. The first-order valence-electron chi connectivity index (χ1n) is 9.02. The lowest BCUT2D eigenvalue weighted by Crippen LogP contribution is -2.36. The number of carbonyl (C=O) groups excluding carboxylic acids is 2. The van der Waals surface area contributed by atoms with E-state index in [2.05, 4.69) is 0 Å². The minimum Gasteiger partial charge on any atom is -0.495 e. The van der Waals surface area contributed by atoms with Gasteiger partial charge in [0.25, 0.3) is 0 Å². The van der Waals surface area contributed by atoms with Gasteiger partial charge in [-0.1, -0.05) is 24.3 Å². The summed E-state index contributed by atoms with van der Waals surface area (Å²) >= 11 is 0. The molecule has 0 spiro atoms. The summed E-state index contributed by atoms with van der Waals surface area (Å²) in [6, 6.07) is 12.1. The van der Waals surface area contributed by atoms with Gasteiger partial charge in [-0.15, -0.1) is 0 Å². The van der Waals surface area contributed by atoms with E-state index in [1.54, 1.807) is 0 Å². The van der Waals surface area contributed by atoms with Crippen LogP contribution in [-0.4, -0.2) is 38.2 Å². The van der Waals surface area contributed by atoms with E-state index in [0.717, 1.165) is 16.0 Å². The molecule has 0 aromatic heterocycles. The number of nitrogens with zero attached hydrogens (tertiary/aromatic N) is 2. The van der Waals surface area contributed by atoms with Gasteiger partial charge in [-0.2, -0.15) is 4.31 Å². The maximum atomic E-state index is 13.4. The molecule has 2 aromatic carbocycles. The van der Waals surface area contributed by atoms with Crippen LogP contribution >= 0.6 is 0 Å². The van der Waals surface area contributed by atoms with Crippen molar-refractivity contribution in [2.75, 3.05) is 18.6 Å². The number of fused-ring (bicyclic) bond motifs is 1. The van der Waals surface area contributed by atoms with Crippen molar-refractivity contribution >= 4 is 27.5 Å². The Kier molecular flexibility index (Phi) is 4.68. The Morgan fingerprint density at radius 2 is 1.61 bits per heavy atom. The van der Waals surface area contributed by atoms with Crippen molar-refractivity contribution in [2.45, 2.75) is 30.7 Å². The van der Waals surface area contributed by atoms with E-state index in [-0.39, 0.29) is 47.5 Å². The van der Waals surface area contributed by atoms with Gasteiger partial charge in [0.1, 0.15) is 10.6 Å². The molecular weight excluding hydrogens is 380 g/mol. The average molecular weight is 400 g/mol. The third kappa shape index (κ3) is 3.08. The monoisotopic (exact) mass is 400 g/mol. The highest BCUT2D eigenvalue weighted by Crippen LogP contribution is 2.34. The van der Waals surface area contributed by atoms with Crippen LogP contribution in [0.15, 0.2) is 47.4 Å². The van der Waals surface area contributed by atoms with Crippen LogP contribution in [0.4, 0.5) is 5.69 Å². The van der Waals surface area contributed by atoms with Crippen LogP contribution in [-0.2, 0) is 32.6 Å². The van der Waals surface area contributed by atoms with Crippen molar-refractivity contribution in [2.24, 2.45) is 0 Å². The first-order chi connectivity index (χ1) is 13.4. The molecule has 1 saturated heterocycles. The lowest BCUT2D eigenvalue weighted by atomic mass is 10.0. The third-order valence-electron chi connectivity index (χ3n) is 5.17. The molecule has 7 nitrogen and oxygen atoms in total. The lowest BCUT2D eigenvalue weighted by Gasteiger charge is -2.29. The number of ether oxygens (including phenoxy) is 1. The molecule has 0 atom stereocenters. The fraction of sp³-hybridized carbons (Fsp3) is 0.300. The summed E-state index contributed by atoms with van der Waals surface area (Å²) in [6.07, 6.45) is 0.895. The topological polar surface area (TPSA) is 84.0 Å². The van der Waals surface area contributed by atoms with Crippen LogP contribution in [0.1, 0.15) is 24.0 Å². The summed E-state index contributed by atoms with van der Waals surface area (Å²) in [6.45, 7) is 0.627. The second kappa shape index (κ2) is 7.03. The Morgan fingerprint density at radius 1 is 0.929 bits per heavy atom. The first-order valence-corrected chi connectivity index (χ1v) is 10.5. The van der Waals surface area contributed by atoms with E-state index in [1.165, 1.54) is 29.6 Å². The minimum absolute atomic E-state index is 0.0422. The first kappa shape index (κ1) is 18.6. The van der Waals surface area contributed by atoms with E-state index in [0.29, 0.717) is 13.0 Å². The highest BCUT2D eigenvalue weighted by Gasteiger charge is 2.34. The molecule has 2 aliphatic rings. The largest absolute Gasteiger partial charge is 0.495 e. The zero-order valence-electron chi connectivity index (χ0n) is 15.4. The van der Waals surface area contributed by atoms with Crippen LogP contribution < -0.4 is 9.64 Å². The molecule has 0 N–H and O–H groups in total. The van der Waals surface area contributed by atoms with Crippen LogP contribution in [0.5, 0.6) is 5.75 Å². The zero-order chi connectivity index (χ0) is 19.9. The molecule has 1 fully saturated rings. The molecule has 2 aromatic rings. The van der Waals surface area contributed by atoms with E-state index in [4.69, 9.17) is 4.74 Å². The Morgan fingerprint density at radius 3 is 2.29 bits per heavy atom. The smallest absolute Gasteiger partial charge is 0.247 e. The molecule has 0 saturated carbocycles. The van der Waals surface area contributed by atoms with Gasteiger partial charge in [0.15, 0.2) is 0 Å². The standard InChI is InChI=1S/C20H20N2O5S/c1-27-17-7-6-16(22-19(23)8-9-20(22)24)12-18(17)28(25,26)21-11-10-14-4-2-3-5-15(14)13-21/h2-7,12H,8-11,13H2,1H3. The number of carbonyl (C=O) groups is 2. The fourth-order valence-corrected chi connectivity index (χ4v) is 5.28. The normalized spacial score (nSPS) is 17.7. The van der Waals surface area contributed by atoms with Crippen molar-refractivity contribution < 1.29 is 22.7 Å². The summed E-state index contributed by atoms with van der Waals surface area (Å²) < 4.78 is 33.4. The molecule has 0 aliphatic carbocycles. The van der Waals surface area contributed by atoms with Crippen molar-refractivity contribution in [3.63, 3.8) is 0 Å². The van der Waals surface area contributed by atoms with Gasteiger partial charge in [0.05, 0.1) is 12.8 Å². The van der Waals surface area contributed by atoms with E-state index in [1.807, 2.05) is 24.3 Å². The number of hydrogen-bond donors (Lipinski definition) is 0. The van der Waals surface area contributed by atoms with Gasteiger partial charge >= 0.3 is 0 Å². The van der Waals surface area contributed by atoms with Crippen LogP contribution in [0.25, 0.3) is 0 Å². The van der Waals surface area contributed by atoms with Crippen molar-refractivity contribution in [3.05, 3.63) is 53.6 Å². The highest BCUT2D eigenvalue weighted by molar-refractivity contribution is 7.89. The maximum absolute atomic E-state index is 13.4. The summed E-state index contributed by atoms with van der Waals surface area (Å²) in [4.78, 5) is 25.1. The number of sulfonamides is 1. The van der Waals surface area contributed by atoms with E-state index >= 15 is 0 Å². The van der Waals surface area contributed by atoms with Crippen LogP contribution in [0.2, 0.25) is 0 Å². The number of amides is 2. The third-order valence-corrected chi connectivity index (χ3v) is 7.04. The molecule has 0 bridgehead atoms. The number of methoxy groups -OCH3 is 1. The summed E-state index contributed by atoms with van der Waals surface area (Å²) in [5.74, 6) is -0.475. The van der Waals surface area contributed by atoms with Gasteiger partial charge in [0, 0.05) is 25.9 Å². The molecule has 4 rings (SSSR count). The van der Waals surface area contributed by atoms with Gasteiger partial charge in [-0.3, -0.25) is 14.5 Å². The molecule has 2 heterocycles. The van der Waals surface area contributed by atoms with E-state index in [9.17, 15) is 18.0 Å². The summed E-state index contributed by atoms with van der Waals surface area (Å²) in [7, 11) is -2.48. The molecule has 2 aliphatic heterocycles. The minimum atomic E-state index is -3.88. The van der Waals surface area contributed by atoms with Gasteiger partial charge in [-0.05, 0) is 35.7 Å². The quantitative estimate of drug-likeness (QED) is 0.734. The molecule has 0 unspecified atom stereocenters. The Hall–Kier alpha value is -2.71.